The number of amides is 1. The maximum atomic E-state index is 12.2. The van der Waals surface area contributed by atoms with Gasteiger partial charge in [-0.1, -0.05) is 37.3 Å². The fraction of sp³-hybridized carbons (Fsp3) is 0.588. The topological polar surface area (TPSA) is 43.8 Å². The van der Waals surface area contributed by atoms with E-state index in [0.717, 1.165) is 38.5 Å². The first-order chi connectivity index (χ1) is 10.7. The van der Waals surface area contributed by atoms with E-state index in [1.165, 1.54) is 5.56 Å². The molecule has 1 aliphatic rings. The van der Waals surface area contributed by atoms with Crippen molar-refractivity contribution in [3.05, 3.63) is 35.9 Å². The Morgan fingerprint density at radius 1 is 1.23 bits per heavy atom. The predicted molar refractivity (Wildman–Crippen MR) is 91.9 cm³/mol. The first-order valence-electron chi connectivity index (χ1n) is 7.91. The minimum Gasteiger partial charge on any atom is -0.396 e. The standard InChI is InChI=1S/C17H26N2O2S/c1-15(12-20)13-22-14-17(21)19-9-7-18(8-10-19)11-16-5-3-2-4-6-16/h2-6,15,20H,7-14H2,1H3. The smallest absolute Gasteiger partial charge is 0.232 e. The van der Waals surface area contributed by atoms with E-state index in [9.17, 15) is 4.79 Å². The number of rotatable bonds is 7. The molecule has 22 heavy (non-hydrogen) atoms. The van der Waals surface area contributed by atoms with Crippen LogP contribution in [-0.4, -0.2) is 65.1 Å². The number of benzene rings is 1. The summed E-state index contributed by atoms with van der Waals surface area (Å²) < 4.78 is 0. The molecule has 1 heterocycles. The number of nitrogens with zero attached hydrogens (tertiary/aromatic N) is 2. The Hall–Kier alpha value is -1.04. The van der Waals surface area contributed by atoms with E-state index >= 15 is 0 Å². The zero-order valence-electron chi connectivity index (χ0n) is 13.3. The lowest BCUT2D eigenvalue weighted by Crippen LogP contribution is -2.48. The lowest BCUT2D eigenvalue weighted by Gasteiger charge is -2.34. The van der Waals surface area contributed by atoms with Crippen molar-refractivity contribution >= 4 is 17.7 Å². The molecular weight excluding hydrogens is 296 g/mol. The molecule has 5 heteroatoms. The monoisotopic (exact) mass is 322 g/mol. The van der Waals surface area contributed by atoms with Gasteiger partial charge in [-0.2, -0.15) is 11.8 Å². The van der Waals surface area contributed by atoms with Gasteiger partial charge in [0, 0.05) is 39.3 Å². The molecule has 0 aliphatic carbocycles. The van der Waals surface area contributed by atoms with Crippen LogP contribution in [0.1, 0.15) is 12.5 Å². The maximum Gasteiger partial charge on any atom is 0.232 e. The van der Waals surface area contributed by atoms with Gasteiger partial charge in [0.05, 0.1) is 5.75 Å². The molecule has 1 amide bonds. The van der Waals surface area contributed by atoms with Crippen LogP contribution in [-0.2, 0) is 11.3 Å². The summed E-state index contributed by atoms with van der Waals surface area (Å²) in [5.74, 6) is 1.87. The fourth-order valence-corrected chi connectivity index (χ4v) is 3.47. The number of carbonyl (C=O) groups excluding carboxylic acids is 1. The van der Waals surface area contributed by atoms with Crippen LogP contribution in [0.5, 0.6) is 0 Å². The largest absolute Gasteiger partial charge is 0.396 e. The molecule has 1 aromatic rings. The molecule has 1 unspecified atom stereocenters. The second-order valence-electron chi connectivity index (χ2n) is 5.95. The summed E-state index contributed by atoms with van der Waals surface area (Å²) in [5, 5.41) is 8.98. The van der Waals surface area contributed by atoms with E-state index in [1.54, 1.807) is 11.8 Å². The maximum absolute atomic E-state index is 12.2. The molecule has 0 radical (unpaired) electrons. The lowest BCUT2D eigenvalue weighted by molar-refractivity contribution is -0.130. The average molecular weight is 322 g/mol. The minimum atomic E-state index is 0.194. The second-order valence-corrected chi connectivity index (χ2v) is 6.98. The van der Waals surface area contributed by atoms with Crippen molar-refractivity contribution in [3.8, 4) is 0 Å². The van der Waals surface area contributed by atoms with Crippen LogP contribution in [0, 0.1) is 5.92 Å². The summed E-state index contributed by atoms with van der Waals surface area (Å²) in [6, 6.07) is 10.5. The van der Waals surface area contributed by atoms with Gasteiger partial charge in [0.2, 0.25) is 5.91 Å². The van der Waals surface area contributed by atoms with Gasteiger partial charge in [0.25, 0.3) is 0 Å². The SMILES string of the molecule is CC(CO)CSCC(=O)N1CCN(Cc2ccccc2)CC1. The molecule has 1 saturated heterocycles. The first-order valence-corrected chi connectivity index (χ1v) is 9.07. The van der Waals surface area contributed by atoms with Crippen molar-refractivity contribution in [2.45, 2.75) is 13.5 Å². The molecule has 0 spiro atoms. The number of hydrogen-bond donors (Lipinski definition) is 1. The molecule has 0 bridgehead atoms. The minimum absolute atomic E-state index is 0.194. The van der Waals surface area contributed by atoms with Gasteiger partial charge in [-0.3, -0.25) is 9.69 Å². The Labute approximate surface area is 137 Å². The van der Waals surface area contributed by atoms with Gasteiger partial charge in [-0.15, -0.1) is 0 Å². The summed E-state index contributed by atoms with van der Waals surface area (Å²) in [5.41, 5.74) is 1.33. The van der Waals surface area contributed by atoms with Gasteiger partial charge in [0.1, 0.15) is 0 Å². The molecular formula is C17H26N2O2S. The van der Waals surface area contributed by atoms with E-state index in [0.29, 0.717) is 5.75 Å². The second kappa shape index (κ2) is 9.18. The van der Waals surface area contributed by atoms with E-state index in [-0.39, 0.29) is 18.4 Å². The number of aliphatic hydroxyl groups excluding tert-OH is 1. The number of piperazine rings is 1. The summed E-state index contributed by atoms with van der Waals surface area (Å²) in [4.78, 5) is 16.5. The van der Waals surface area contributed by atoms with E-state index < -0.39 is 0 Å². The van der Waals surface area contributed by atoms with Crippen LogP contribution in [0.4, 0.5) is 0 Å². The molecule has 1 aromatic carbocycles. The quantitative estimate of drug-likeness (QED) is 0.830. The first kappa shape index (κ1) is 17.3. The highest BCUT2D eigenvalue weighted by molar-refractivity contribution is 7.99. The van der Waals surface area contributed by atoms with Crippen LogP contribution in [0.2, 0.25) is 0 Å². The Morgan fingerprint density at radius 2 is 1.91 bits per heavy atom. The van der Waals surface area contributed by atoms with Crippen molar-refractivity contribution < 1.29 is 9.90 Å². The summed E-state index contributed by atoms with van der Waals surface area (Å²) in [6.45, 7) is 6.69. The van der Waals surface area contributed by atoms with Crippen LogP contribution < -0.4 is 0 Å². The highest BCUT2D eigenvalue weighted by Crippen LogP contribution is 2.12. The van der Waals surface area contributed by atoms with Crippen molar-refractivity contribution in [3.63, 3.8) is 0 Å². The Kier molecular flexibility index (Phi) is 7.22. The van der Waals surface area contributed by atoms with E-state index in [1.807, 2.05) is 17.9 Å². The molecule has 4 nitrogen and oxygen atoms in total. The molecule has 0 aromatic heterocycles. The van der Waals surface area contributed by atoms with Crippen LogP contribution in [0.15, 0.2) is 30.3 Å². The van der Waals surface area contributed by atoms with E-state index in [2.05, 4.69) is 29.2 Å². The zero-order chi connectivity index (χ0) is 15.8. The van der Waals surface area contributed by atoms with Gasteiger partial charge in [-0.25, -0.2) is 0 Å². The Morgan fingerprint density at radius 3 is 2.55 bits per heavy atom. The predicted octanol–water partition coefficient (Wildman–Crippen LogP) is 1.69. The van der Waals surface area contributed by atoms with Gasteiger partial charge in [0.15, 0.2) is 0 Å². The lowest BCUT2D eigenvalue weighted by atomic mass is 10.2. The summed E-state index contributed by atoms with van der Waals surface area (Å²) in [7, 11) is 0. The van der Waals surface area contributed by atoms with Gasteiger partial charge in [-0.05, 0) is 17.2 Å². The summed E-state index contributed by atoms with van der Waals surface area (Å²) >= 11 is 1.63. The molecule has 1 fully saturated rings. The Bertz CT molecular complexity index is 447. The van der Waals surface area contributed by atoms with Crippen LogP contribution in [0.3, 0.4) is 0 Å². The van der Waals surface area contributed by atoms with Gasteiger partial charge >= 0.3 is 0 Å². The third-order valence-corrected chi connectivity index (χ3v) is 5.17. The highest BCUT2D eigenvalue weighted by atomic mass is 32.2. The molecule has 2 rings (SSSR count). The number of thioether (sulfide) groups is 1. The zero-order valence-corrected chi connectivity index (χ0v) is 14.1. The van der Waals surface area contributed by atoms with Crippen LogP contribution >= 0.6 is 11.8 Å². The van der Waals surface area contributed by atoms with Crippen molar-refractivity contribution in [2.75, 3.05) is 44.3 Å². The average Bonchev–Trinajstić information content (AvgIpc) is 2.56. The third kappa shape index (κ3) is 5.63. The normalized spacial score (nSPS) is 17.5. The fourth-order valence-electron chi connectivity index (χ4n) is 2.49. The van der Waals surface area contributed by atoms with E-state index in [4.69, 9.17) is 5.11 Å². The number of aliphatic hydroxyl groups is 1. The van der Waals surface area contributed by atoms with Gasteiger partial charge < -0.3 is 10.0 Å². The van der Waals surface area contributed by atoms with Crippen molar-refractivity contribution in [2.24, 2.45) is 5.92 Å². The van der Waals surface area contributed by atoms with Crippen molar-refractivity contribution in [1.82, 2.24) is 9.80 Å². The third-order valence-electron chi connectivity index (χ3n) is 3.91. The highest BCUT2D eigenvalue weighted by Gasteiger charge is 2.20. The molecule has 1 N–H and O–H groups in total. The summed E-state index contributed by atoms with van der Waals surface area (Å²) in [6.07, 6.45) is 0. The molecule has 1 aliphatic heterocycles. The number of carbonyl (C=O) groups is 1. The number of hydrogen-bond acceptors (Lipinski definition) is 4. The molecule has 1 atom stereocenters. The molecule has 0 saturated carbocycles. The van der Waals surface area contributed by atoms with Crippen LogP contribution in [0.25, 0.3) is 0 Å². The Balaban J connectivity index is 1.67. The van der Waals surface area contributed by atoms with Crippen molar-refractivity contribution in [1.29, 1.82) is 0 Å². The molecule has 122 valence electrons.